The zero-order valence-corrected chi connectivity index (χ0v) is 18.5. The summed E-state index contributed by atoms with van der Waals surface area (Å²) in [6, 6.07) is 12.0. The smallest absolute Gasteiger partial charge is 0.103 e. The molecule has 4 bridgehead atoms. The Morgan fingerprint density at radius 2 is 1.66 bits per heavy atom. The molecule has 1 aromatic carbocycles. The highest BCUT2D eigenvalue weighted by molar-refractivity contribution is 7.16. The maximum absolute atomic E-state index is 2.93. The number of hydrogen-bond donors (Lipinski definition) is 0. The maximum atomic E-state index is 2.93. The van der Waals surface area contributed by atoms with Crippen molar-refractivity contribution in [3.05, 3.63) is 52.5 Å². The SMILES string of the molecule is Cc1ccccc1N1C(C)c2c(n(C)c3sccc23)C12C1CC3CC(C1)CC2C3. The molecule has 2 aromatic heterocycles. The van der Waals surface area contributed by atoms with Gasteiger partial charge < -0.3 is 9.47 Å². The zero-order chi connectivity index (χ0) is 19.5. The van der Waals surface area contributed by atoms with Crippen LogP contribution in [0.4, 0.5) is 5.69 Å². The number of nitrogens with zero attached hydrogens (tertiary/aromatic N) is 2. The van der Waals surface area contributed by atoms with Crippen molar-refractivity contribution >= 4 is 27.2 Å². The Balaban J connectivity index is 1.56. The fourth-order valence-corrected chi connectivity index (χ4v) is 9.46. The van der Waals surface area contributed by atoms with Crippen molar-refractivity contribution in [2.24, 2.45) is 30.7 Å². The molecule has 0 radical (unpaired) electrons. The van der Waals surface area contributed by atoms with E-state index < -0.39 is 0 Å². The normalized spacial score (nSPS) is 37.2. The van der Waals surface area contributed by atoms with E-state index in [1.54, 1.807) is 11.3 Å². The molecule has 2 nitrogen and oxygen atoms in total. The number of anilines is 1. The average Bonchev–Trinajstić information content (AvgIpc) is 3.34. The van der Waals surface area contributed by atoms with E-state index in [1.165, 1.54) is 53.6 Å². The van der Waals surface area contributed by atoms with Crippen LogP contribution in [0.5, 0.6) is 0 Å². The molecule has 29 heavy (non-hydrogen) atoms. The molecule has 0 amide bonds. The number of hydrogen-bond acceptors (Lipinski definition) is 2. The topological polar surface area (TPSA) is 8.17 Å². The number of fused-ring (bicyclic) bond motifs is 3. The van der Waals surface area contributed by atoms with Crippen LogP contribution in [0.25, 0.3) is 10.2 Å². The number of aryl methyl sites for hydroxylation is 2. The lowest BCUT2D eigenvalue weighted by atomic mass is 9.47. The Kier molecular flexibility index (Phi) is 3.22. The Morgan fingerprint density at radius 3 is 2.34 bits per heavy atom. The third-order valence-electron chi connectivity index (χ3n) is 9.17. The second-order valence-electron chi connectivity index (χ2n) is 10.4. The van der Waals surface area contributed by atoms with Gasteiger partial charge in [-0.1, -0.05) is 18.2 Å². The van der Waals surface area contributed by atoms with Crippen LogP contribution in [-0.2, 0) is 12.6 Å². The van der Waals surface area contributed by atoms with Crippen LogP contribution >= 0.6 is 11.3 Å². The summed E-state index contributed by atoms with van der Waals surface area (Å²) < 4.78 is 2.62. The molecule has 150 valence electrons. The summed E-state index contributed by atoms with van der Waals surface area (Å²) in [6.45, 7) is 4.80. The quantitative estimate of drug-likeness (QED) is 0.435. The number of thiophene rings is 1. The highest BCUT2D eigenvalue weighted by Gasteiger charge is 2.66. The molecule has 1 atom stereocenters. The van der Waals surface area contributed by atoms with Gasteiger partial charge in [0.05, 0.1) is 17.3 Å². The number of para-hydroxylation sites is 1. The van der Waals surface area contributed by atoms with E-state index >= 15 is 0 Å². The van der Waals surface area contributed by atoms with E-state index in [1.807, 2.05) is 11.3 Å². The summed E-state index contributed by atoms with van der Waals surface area (Å²) in [5.41, 5.74) is 6.43. The fraction of sp³-hybridized carbons (Fsp3) is 0.538. The van der Waals surface area contributed by atoms with E-state index in [4.69, 9.17) is 0 Å². The fourth-order valence-electron chi connectivity index (χ4n) is 8.57. The van der Waals surface area contributed by atoms with E-state index in [-0.39, 0.29) is 5.54 Å². The molecule has 4 saturated carbocycles. The van der Waals surface area contributed by atoms with Crippen LogP contribution in [0.15, 0.2) is 35.7 Å². The van der Waals surface area contributed by atoms with Gasteiger partial charge in [0.2, 0.25) is 0 Å². The van der Waals surface area contributed by atoms with Crippen molar-refractivity contribution in [2.45, 2.75) is 57.5 Å². The summed E-state index contributed by atoms with van der Waals surface area (Å²) in [5, 5.41) is 3.81. The first-order chi connectivity index (χ1) is 14.1. The lowest BCUT2D eigenvalue weighted by Gasteiger charge is -2.64. The minimum atomic E-state index is 0.196. The van der Waals surface area contributed by atoms with Crippen molar-refractivity contribution < 1.29 is 0 Å². The number of aromatic nitrogens is 1. The van der Waals surface area contributed by atoms with Crippen LogP contribution in [0.1, 0.15) is 61.9 Å². The van der Waals surface area contributed by atoms with Crippen LogP contribution in [-0.4, -0.2) is 4.57 Å². The van der Waals surface area contributed by atoms with Crippen LogP contribution < -0.4 is 4.90 Å². The Hall–Kier alpha value is -1.74. The maximum Gasteiger partial charge on any atom is 0.103 e. The van der Waals surface area contributed by atoms with E-state index in [0.29, 0.717) is 6.04 Å². The van der Waals surface area contributed by atoms with Gasteiger partial charge in [-0.3, -0.25) is 0 Å². The Labute approximate surface area is 177 Å². The largest absolute Gasteiger partial charge is 0.353 e. The summed E-state index contributed by atoms with van der Waals surface area (Å²) in [4.78, 5) is 4.41. The summed E-state index contributed by atoms with van der Waals surface area (Å²) in [7, 11) is 2.36. The van der Waals surface area contributed by atoms with Crippen LogP contribution in [0, 0.1) is 30.6 Å². The monoisotopic (exact) mass is 402 g/mol. The van der Waals surface area contributed by atoms with Crippen molar-refractivity contribution in [1.82, 2.24) is 4.57 Å². The zero-order valence-electron chi connectivity index (χ0n) is 17.7. The molecule has 1 spiro atoms. The molecular weight excluding hydrogens is 372 g/mol. The first kappa shape index (κ1) is 17.0. The predicted molar refractivity (Wildman–Crippen MR) is 122 cm³/mol. The van der Waals surface area contributed by atoms with Crippen LogP contribution in [0.2, 0.25) is 0 Å². The van der Waals surface area contributed by atoms with Gasteiger partial charge in [-0.15, -0.1) is 11.3 Å². The third kappa shape index (κ3) is 1.86. The Morgan fingerprint density at radius 1 is 0.966 bits per heavy atom. The number of benzene rings is 1. The van der Waals surface area contributed by atoms with E-state index in [9.17, 15) is 0 Å². The van der Waals surface area contributed by atoms with Crippen LogP contribution in [0.3, 0.4) is 0 Å². The lowest BCUT2D eigenvalue weighted by molar-refractivity contribution is -0.0629. The lowest BCUT2D eigenvalue weighted by Crippen LogP contribution is -2.62. The molecule has 4 fully saturated rings. The highest BCUT2D eigenvalue weighted by atomic mass is 32.1. The molecule has 0 saturated heterocycles. The molecule has 3 aromatic rings. The summed E-state index contributed by atoms with van der Waals surface area (Å²) in [6.07, 6.45) is 7.29. The molecule has 8 rings (SSSR count). The molecule has 1 unspecified atom stereocenters. The first-order valence-corrected chi connectivity index (χ1v) is 12.4. The third-order valence-corrected chi connectivity index (χ3v) is 10.2. The molecule has 3 heteroatoms. The summed E-state index contributed by atoms with van der Waals surface area (Å²) >= 11 is 1.93. The first-order valence-electron chi connectivity index (χ1n) is 11.5. The highest BCUT2D eigenvalue weighted by Crippen LogP contribution is 2.69. The van der Waals surface area contributed by atoms with E-state index in [0.717, 1.165) is 23.7 Å². The van der Waals surface area contributed by atoms with Crippen molar-refractivity contribution in [3.8, 4) is 0 Å². The molecule has 4 aliphatic carbocycles. The van der Waals surface area contributed by atoms with Gasteiger partial charge in [0, 0.05) is 23.7 Å². The minimum Gasteiger partial charge on any atom is -0.353 e. The Bertz CT molecular complexity index is 1110. The van der Waals surface area contributed by atoms with Gasteiger partial charge in [-0.05, 0) is 92.7 Å². The van der Waals surface area contributed by atoms with Gasteiger partial charge in [0.15, 0.2) is 0 Å². The molecular formula is C26H30N2S. The second-order valence-corrected chi connectivity index (χ2v) is 11.3. The van der Waals surface area contributed by atoms with Crippen molar-refractivity contribution in [1.29, 1.82) is 0 Å². The standard InChI is InChI=1S/C26H30N2S/c1-15-6-4-5-7-22(15)28-16(2)23-21-8-9-29-25(21)27(3)24(23)26(28)19-11-17-10-18(13-19)14-20(26)12-17/h4-9,16-20H,10-14H2,1-3H3. The molecule has 3 heterocycles. The van der Waals surface area contributed by atoms with Crippen molar-refractivity contribution in [2.75, 3.05) is 4.90 Å². The van der Waals surface area contributed by atoms with Gasteiger partial charge >= 0.3 is 0 Å². The van der Waals surface area contributed by atoms with E-state index in [2.05, 4.69) is 66.1 Å². The van der Waals surface area contributed by atoms with Gasteiger partial charge in [-0.25, -0.2) is 0 Å². The van der Waals surface area contributed by atoms with Crippen molar-refractivity contribution in [3.63, 3.8) is 0 Å². The summed E-state index contributed by atoms with van der Waals surface area (Å²) in [5.74, 6) is 3.60. The molecule has 1 aliphatic heterocycles. The van der Waals surface area contributed by atoms with Gasteiger partial charge in [0.1, 0.15) is 4.83 Å². The van der Waals surface area contributed by atoms with Gasteiger partial charge in [-0.2, -0.15) is 0 Å². The molecule has 0 N–H and O–H groups in total. The van der Waals surface area contributed by atoms with Gasteiger partial charge in [0.25, 0.3) is 0 Å². The number of rotatable bonds is 1. The molecule has 5 aliphatic rings. The minimum absolute atomic E-state index is 0.196. The predicted octanol–water partition coefficient (Wildman–Crippen LogP) is 6.78. The average molecular weight is 403 g/mol. The second kappa shape index (κ2) is 5.49.